The quantitative estimate of drug-likeness (QED) is 0.677. The van der Waals surface area contributed by atoms with Gasteiger partial charge < -0.3 is 14.9 Å². The molecule has 9 heteroatoms. The number of methoxy groups -OCH3 is 1. The predicted octanol–water partition coefficient (Wildman–Crippen LogP) is 0.570. The Balaban J connectivity index is 3.23. The molecule has 0 saturated heterocycles. The fourth-order valence-electron chi connectivity index (χ4n) is 1.45. The van der Waals surface area contributed by atoms with Gasteiger partial charge in [0.25, 0.3) is 0 Å². The Morgan fingerprint density at radius 1 is 1.45 bits per heavy atom. The van der Waals surface area contributed by atoms with Crippen LogP contribution in [0.3, 0.4) is 0 Å². The Bertz CT molecular complexity index is 601. The van der Waals surface area contributed by atoms with E-state index in [1.54, 1.807) is 6.07 Å². The van der Waals surface area contributed by atoms with Gasteiger partial charge in [-0.1, -0.05) is 15.9 Å². The number of carboxylic acids is 1. The SMILES string of the molecule is COc1ccc(Br)cc1S(=O)(=O)NC(C(=O)O)C(C)O. The number of carboxylic acid groups (broad SMARTS) is 1. The predicted molar refractivity (Wildman–Crippen MR) is 74.1 cm³/mol. The van der Waals surface area contributed by atoms with Crippen molar-refractivity contribution in [2.24, 2.45) is 0 Å². The van der Waals surface area contributed by atoms with Gasteiger partial charge in [0.1, 0.15) is 16.7 Å². The molecule has 1 aromatic rings. The smallest absolute Gasteiger partial charge is 0.324 e. The van der Waals surface area contributed by atoms with Crippen LogP contribution in [0.25, 0.3) is 0 Å². The van der Waals surface area contributed by atoms with Gasteiger partial charge in [0.15, 0.2) is 0 Å². The number of carbonyl (C=O) groups is 1. The molecule has 0 aliphatic rings. The van der Waals surface area contributed by atoms with Gasteiger partial charge in [-0.2, -0.15) is 4.72 Å². The maximum atomic E-state index is 12.2. The maximum absolute atomic E-state index is 12.2. The Morgan fingerprint density at radius 3 is 2.50 bits per heavy atom. The molecule has 0 aromatic heterocycles. The minimum atomic E-state index is -4.16. The molecule has 0 bridgehead atoms. The van der Waals surface area contributed by atoms with E-state index in [0.29, 0.717) is 4.47 Å². The second-order valence-electron chi connectivity index (χ2n) is 3.97. The third-order valence-electron chi connectivity index (χ3n) is 2.45. The van der Waals surface area contributed by atoms with E-state index in [4.69, 9.17) is 9.84 Å². The van der Waals surface area contributed by atoms with Crippen LogP contribution in [0.2, 0.25) is 0 Å². The maximum Gasteiger partial charge on any atom is 0.324 e. The van der Waals surface area contributed by atoms with Crippen LogP contribution in [0.15, 0.2) is 27.6 Å². The molecule has 1 rings (SSSR count). The molecule has 7 nitrogen and oxygen atoms in total. The lowest BCUT2D eigenvalue weighted by Crippen LogP contribution is -2.47. The van der Waals surface area contributed by atoms with Crippen LogP contribution in [-0.4, -0.2) is 43.9 Å². The van der Waals surface area contributed by atoms with Gasteiger partial charge in [-0.3, -0.25) is 4.79 Å². The van der Waals surface area contributed by atoms with Crippen molar-refractivity contribution in [3.05, 3.63) is 22.7 Å². The lowest BCUT2D eigenvalue weighted by molar-refractivity contribution is -0.141. The molecule has 0 spiro atoms. The molecule has 20 heavy (non-hydrogen) atoms. The zero-order valence-corrected chi connectivity index (χ0v) is 13.1. The number of aliphatic hydroxyl groups excluding tert-OH is 1. The molecule has 0 amide bonds. The van der Waals surface area contributed by atoms with Crippen LogP contribution < -0.4 is 9.46 Å². The molecule has 1 aromatic carbocycles. The molecule has 0 aliphatic heterocycles. The normalized spacial score (nSPS) is 14.6. The molecular weight excluding hydrogens is 354 g/mol. The third kappa shape index (κ3) is 3.92. The first-order valence-electron chi connectivity index (χ1n) is 5.45. The van der Waals surface area contributed by atoms with E-state index in [-0.39, 0.29) is 10.6 Å². The van der Waals surface area contributed by atoms with Gasteiger partial charge in [-0.25, -0.2) is 8.42 Å². The number of ether oxygens (including phenoxy) is 1. The average Bonchev–Trinajstić information content (AvgIpc) is 2.35. The van der Waals surface area contributed by atoms with Crippen molar-refractivity contribution in [1.82, 2.24) is 4.72 Å². The first kappa shape index (κ1) is 16.9. The highest BCUT2D eigenvalue weighted by atomic mass is 79.9. The van der Waals surface area contributed by atoms with Crippen molar-refractivity contribution in [3.8, 4) is 5.75 Å². The summed E-state index contributed by atoms with van der Waals surface area (Å²) in [7, 11) is -2.86. The summed E-state index contributed by atoms with van der Waals surface area (Å²) in [5.41, 5.74) is 0. The minimum absolute atomic E-state index is 0.0652. The summed E-state index contributed by atoms with van der Waals surface area (Å²) in [6.45, 7) is 1.18. The number of benzene rings is 1. The van der Waals surface area contributed by atoms with Gasteiger partial charge >= 0.3 is 5.97 Å². The van der Waals surface area contributed by atoms with Crippen LogP contribution in [-0.2, 0) is 14.8 Å². The molecule has 0 saturated carbocycles. The molecule has 0 radical (unpaired) electrons. The van der Waals surface area contributed by atoms with E-state index < -0.39 is 28.1 Å². The number of nitrogens with one attached hydrogen (secondary N) is 1. The van der Waals surface area contributed by atoms with E-state index in [9.17, 15) is 18.3 Å². The summed E-state index contributed by atoms with van der Waals surface area (Å²) < 4.78 is 31.8. The monoisotopic (exact) mass is 367 g/mol. The minimum Gasteiger partial charge on any atom is -0.495 e. The van der Waals surface area contributed by atoms with Crippen molar-refractivity contribution < 1.29 is 28.2 Å². The molecular formula is C11H14BrNO6S. The topological polar surface area (TPSA) is 113 Å². The number of aliphatic hydroxyl groups is 1. The average molecular weight is 368 g/mol. The van der Waals surface area contributed by atoms with Crippen LogP contribution >= 0.6 is 15.9 Å². The highest BCUT2D eigenvalue weighted by Crippen LogP contribution is 2.27. The van der Waals surface area contributed by atoms with E-state index in [1.165, 1.54) is 26.2 Å². The van der Waals surface area contributed by atoms with E-state index >= 15 is 0 Å². The molecule has 2 unspecified atom stereocenters. The Kier molecular flexibility index (Phi) is 5.51. The largest absolute Gasteiger partial charge is 0.495 e. The summed E-state index contributed by atoms with van der Waals surface area (Å²) in [5, 5.41) is 18.2. The van der Waals surface area contributed by atoms with Crippen molar-refractivity contribution in [2.45, 2.75) is 24.0 Å². The Morgan fingerprint density at radius 2 is 2.05 bits per heavy atom. The molecule has 112 valence electrons. The van der Waals surface area contributed by atoms with Crippen molar-refractivity contribution >= 4 is 31.9 Å². The number of aliphatic carboxylic acids is 1. The second-order valence-corrected chi connectivity index (χ2v) is 6.57. The lowest BCUT2D eigenvalue weighted by atomic mass is 10.2. The van der Waals surface area contributed by atoms with Gasteiger partial charge in [-0.05, 0) is 25.1 Å². The van der Waals surface area contributed by atoms with Crippen LogP contribution in [0.4, 0.5) is 0 Å². The molecule has 0 fully saturated rings. The molecule has 2 atom stereocenters. The highest BCUT2D eigenvalue weighted by Gasteiger charge is 2.30. The molecule has 0 heterocycles. The highest BCUT2D eigenvalue weighted by molar-refractivity contribution is 9.10. The van der Waals surface area contributed by atoms with Crippen LogP contribution in [0, 0.1) is 0 Å². The summed E-state index contributed by atoms with van der Waals surface area (Å²) in [6, 6.07) is 2.64. The standard InChI is InChI=1S/C11H14BrNO6S/c1-6(14)10(11(15)16)13-20(17,18)9-5-7(12)3-4-8(9)19-2/h3-6,10,13-14H,1-2H3,(H,15,16). The fourth-order valence-corrected chi connectivity index (χ4v) is 3.42. The zero-order valence-electron chi connectivity index (χ0n) is 10.7. The number of hydrogen-bond donors (Lipinski definition) is 3. The molecule has 3 N–H and O–H groups in total. The summed E-state index contributed by atoms with van der Waals surface area (Å²) >= 11 is 3.13. The number of sulfonamides is 1. The number of hydrogen-bond acceptors (Lipinski definition) is 5. The lowest BCUT2D eigenvalue weighted by Gasteiger charge is -2.18. The first-order chi connectivity index (χ1) is 9.19. The zero-order chi connectivity index (χ0) is 15.5. The third-order valence-corrected chi connectivity index (χ3v) is 4.40. The van der Waals surface area contributed by atoms with Crippen LogP contribution in [0.5, 0.6) is 5.75 Å². The van der Waals surface area contributed by atoms with E-state index in [2.05, 4.69) is 15.9 Å². The fraction of sp³-hybridized carbons (Fsp3) is 0.364. The first-order valence-corrected chi connectivity index (χ1v) is 7.73. The van der Waals surface area contributed by atoms with Crippen molar-refractivity contribution in [1.29, 1.82) is 0 Å². The van der Waals surface area contributed by atoms with E-state index in [0.717, 1.165) is 0 Å². The number of halogens is 1. The Labute approximate surface area is 124 Å². The van der Waals surface area contributed by atoms with Gasteiger partial charge in [0, 0.05) is 4.47 Å². The summed E-state index contributed by atoms with van der Waals surface area (Å²) in [4.78, 5) is 10.7. The summed E-state index contributed by atoms with van der Waals surface area (Å²) in [6.07, 6.45) is -1.39. The van der Waals surface area contributed by atoms with Gasteiger partial charge in [0.05, 0.1) is 13.2 Å². The molecule has 0 aliphatic carbocycles. The van der Waals surface area contributed by atoms with Gasteiger partial charge in [0.2, 0.25) is 10.0 Å². The summed E-state index contributed by atoms with van der Waals surface area (Å²) in [5.74, 6) is -1.41. The van der Waals surface area contributed by atoms with Crippen LogP contribution in [0.1, 0.15) is 6.92 Å². The van der Waals surface area contributed by atoms with Gasteiger partial charge in [-0.15, -0.1) is 0 Å². The second kappa shape index (κ2) is 6.53. The van der Waals surface area contributed by atoms with Crippen molar-refractivity contribution in [2.75, 3.05) is 7.11 Å². The van der Waals surface area contributed by atoms with Crippen molar-refractivity contribution in [3.63, 3.8) is 0 Å². The number of rotatable bonds is 6. The Hall–Kier alpha value is -1.16. The van der Waals surface area contributed by atoms with E-state index in [1.807, 2.05) is 4.72 Å².